The van der Waals surface area contributed by atoms with E-state index in [1.807, 2.05) is 29.6 Å². The highest BCUT2D eigenvalue weighted by molar-refractivity contribution is 7.10. The Morgan fingerprint density at radius 2 is 1.96 bits per heavy atom. The van der Waals surface area contributed by atoms with E-state index in [1.165, 1.54) is 23.5 Å². The number of methoxy groups -OCH3 is 1. The van der Waals surface area contributed by atoms with Gasteiger partial charge in [0.1, 0.15) is 5.75 Å². The Morgan fingerprint density at radius 3 is 2.68 bits per heavy atom. The fourth-order valence-electron chi connectivity index (χ4n) is 2.57. The number of halogens is 3. The predicted octanol–water partition coefficient (Wildman–Crippen LogP) is 6.17. The summed E-state index contributed by atoms with van der Waals surface area (Å²) in [7, 11) is 1.62. The SMILES string of the molecule is COc1ccccc1-c1csc(Cc2ccc(Cl)c(C(C)(F)F)c2)n1. The molecule has 1 aromatic heterocycles. The Hall–Kier alpha value is -1.98. The lowest BCUT2D eigenvalue weighted by Crippen LogP contribution is -2.08. The first kappa shape index (κ1) is 17.8. The van der Waals surface area contributed by atoms with Gasteiger partial charge < -0.3 is 4.74 Å². The van der Waals surface area contributed by atoms with Crippen LogP contribution in [0.3, 0.4) is 0 Å². The van der Waals surface area contributed by atoms with E-state index in [9.17, 15) is 8.78 Å². The van der Waals surface area contributed by atoms with Gasteiger partial charge >= 0.3 is 0 Å². The fourth-order valence-corrected chi connectivity index (χ4v) is 3.68. The molecule has 0 N–H and O–H groups in total. The Morgan fingerprint density at radius 1 is 1.20 bits per heavy atom. The monoisotopic (exact) mass is 379 g/mol. The smallest absolute Gasteiger partial charge is 0.271 e. The molecule has 0 saturated heterocycles. The molecule has 0 fully saturated rings. The van der Waals surface area contributed by atoms with E-state index in [1.54, 1.807) is 13.2 Å². The summed E-state index contributed by atoms with van der Waals surface area (Å²) in [5.74, 6) is -2.22. The van der Waals surface area contributed by atoms with E-state index in [0.29, 0.717) is 6.42 Å². The van der Waals surface area contributed by atoms with Crippen LogP contribution < -0.4 is 4.74 Å². The normalized spacial score (nSPS) is 11.6. The third-order valence-electron chi connectivity index (χ3n) is 3.79. The first-order valence-corrected chi connectivity index (χ1v) is 8.89. The number of ether oxygens (including phenoxy) is 1. The Labute approximate surface area is 154 Å². The van der Waals surface area contributed by atoms with Gasteiger partial charge in [0.05, 0.1) is 17.8 Å². The number of benzene rings is 2. The number of hydrogen-bond acceptors (Lipinski definition) is 3. The second-order valence-corrected chi connectivity index (χ2v) is 7.06. The first-order valence-electron chi connectivity index (χ1n) is 7.63. The molecule has 2 nitrogen and oxygen atoms in total. The first-order chi connectivity index (χ1) is 11.9. The lowest BCUT2D eigenvalue weighted by atomic mass is 10.0. The maximum atomic E-state index is 13.6. The van der Waals surface area contributed by atoms with Crippen LogP contribution in [0.5, 0.6) is 5.75 Å². The van der Waals surface area contributed by atoms with Crippen LogP contribution in [0.1, 0.15) is 23.1 Å². The minimum atomic E-state index is -2.97. The van der Waals surface area contributed by atoms with Gasteiger partial charge in [0.15, 0.2) is 0 Å². The van der Waals surface area contributed by atoms with Crippen molar-refractivity contribution in [3.63, 3.8) is 0 Å². The van der Waals surface area contributed by atoms with Crippen LogP contribution in [0.25, 0.3) is 11.3 Å². The summed E-state index contributed by atoms with van der Waals surface area (Å²) in [5.41, 5.74) is 2.31. The molecule has 0 unspecified atom stereocenters. The molecular formula is C19H16ClF2NOS. The fraction of sp³-hybridized carbons (Fsp3) is 0.211. The van der Waals surface area contributed by atoms with Crippen molar-refractivity contribution in [2.75, 3.05) is 7.11 Å². The summed E-state index contributed by atoms with van der Waals surface area (Å²) < 4.78 is 32.6. The van der Waals surface area contributed by atoms with Crippen molar-refractivity contribution in [3.8, 4) is 17.0 Å². The Kier molecular flexibility index (Phi) is 5.06. The molecule has 6 heteroatoms. The molecule has 0 saturated carbocycles. The summed E-state index contributed by atoms with van der Waals surface area (Å²) in [6, 6.07) is 12.4. The van der Waals surface area contributed by atoms with Crippen LogP contribution in [0.4, 0.5) is 8.78 Å². The average Bonchev–Trinajstić information content (AvgIpc) is 3.04. The summed E-state index contributed by atoms with van der Waals surface area (Å²) in [6.45, 7) is 0.848. The largest absolute Gasteiger partial charge is 0.496 e. The highest BCUT2D eigenvalue weighted by Gasteiger charge is 2.27. The van der Waals surface area contributed by atoms with Gasteiger partial charge in [0.2, 0.25) is 0 Å². The van der Waals surface area contributed by atoms with Crippen LogP contribution >= 0.6 is 22.9 Å². The molecule has 3 rings (SSSR count). The zero-order valence-electron chi connectivity index (χ0n) is 13.7. The molecule has 0 radical (unpaired) electrons. The zero-order chi connectivity index (χ0) is 18.0. The molecule has 1 heterocycles. The van der Waals surface area contributed by atoms with Gasteiger partial charge in [0, 0.05) is 34.9 Å². The summed E-state index contributed by atoms with van der Waals surface area (Å²) in [4.78, 5) is 4.62. The quantitative estimate of drug-likeness (QED) is 0.528. The molecule has 2 aromatic carbocycles. The Bertz CT molecular complexity index is 889. The van der Waals surface area contributed by atoms with Gasteiger partial charge in [-0.05, 0) is 29.8 Å². The third-order valence-corrected chi connectivity index (χ3v) is 4.97. The molecule has 0 aliphatic rings. The lowest BCUT2D eigenvalue weighted by Gasteiger charge is -2.13. The van der Waals surface area contributed by atoms with Crippen LogP contribution in [0.2, 0.25) is 5.02 Å². The van der Waals surface area contributed by atoms with E-state index in [4.69, 9.17) is 16.3 Å². The van der Waals surface area contributed by atoms with Gasteiger partial charge in [-0.25, -0.2) is 13.8 Å². The zero-order valence-corrected chi connectivity index (χ0v) is 15.3. The second-order valence-electron chi connectivity index (χ2n) is 5.71. The number of aromatic nitrogens is 1. The van der Waals surface area contributed by atoms with E-state index in [2.05, 4.69) is 4.98 Å². The molecule has 130 valence electrons. The standard InChI is InChI=1S/C19H16ClF2NOS/c1-19(21,22)14-9-12(7-8-15(14)20)10-18-23-16(11-25-18)13-5-3-4-6-17(13)24-2/h3-9,11H,10H2,1-2H3. The van der Waals surface area contributed by atoms with Gasteiger partial charge in [-0.2, -0.15) is 0 Å². The van der Waals surface area contributed by atoms with Crippen LogP contribution in [-0.2, 0) is 12.3 Å². The molecular weight excluding hydrogens is 364 g/mol. The Balaban J connectivity index is 1.87. The van der Waals surface area contributed by atoms with E-state index < -0.39 is 5.92 Å². The summed E-state index contributed by atoms with van der Waals surface area (Å²) in [6.07, 6.45) is 0.472. The van der Waals surface area contributed by atoms with Crippen LogP contribution in [0.15, 0.2) is 47.8 Å². The number of thiazole rings is 1. The molecule has 0 amide bonds. The van der Waals surface area contributed by atoms with Crippen molar-refractivity contribution < 1.29 is 13.5 Å². The van der Waals surface area contributed by atoms with Crippen molar-refractivity contribution in [2.45, 2.75) is 19.3 Å². The minimum absolute atomic E-state index is 0.0742. The maximum Gasteiger partial charge on any atom is 0.271 e. The molecule has 0 aliphatic carbocycles. The number of rotatable bonds is 5. The van der Waals surface area contributed by atoms with Crippen LogP contribution in [0, 0.1) is 0 Å². The van der Waals surface area contributed by atoms with E-state index >= 15 is 0 Å². The molecule has 0 atom stereocenters. The van der Waals surface area contributed by atoms with Gasteiger partial charge in [-0.15, -0.1) is 11.3 Å². The molecule has 3 aromatic rings. The van der Waals surface area contributed by atoms with Gasteiger partial charge in [-0.3, -0.25) is 0 Å². The number of para-hydroxylation sites is 1. The van der Waals surface area contributed by atoms with Crippen molar-refractivity contribution in [1.29, 1.82) is 0 Å². The number of hydrogen-bond donors (Lipinski definition) is 0. The van der Waals surface area contributed by atoms with Crippen molar-refractivity contribution in [1.82, 2.24) is 4.98 Å². The molecule has 0 aliphatic heterocycles. The lowest BCUT2D eigenvalue weighted by molar-refractivity contribution is 0.0175. The molecule has 0 bridgehead atoms. The molecule has 25 heavy (non-hydrogen) atoms. The minimum Gasteiger partial charge on any atom is -0.496 e. The average molecular weight is 380 g/mol. The van der Waals surface area contributed by atoms with Gasteiger partial charge in [0.25, 0.3) is 5.92 Å². The molecule has 0 spiro atoms. The second kappa shape index (κ2) is 7.10. The van der Waals surface area contributed by atoms with Gasteiger partial charge in [-0.1, -0.05) is 29.8 Å². The van der Waals surface area contributed by atoms with E-state index in [-0.39, 0.29) is 10.6 Å². The third kappa shape index (κ3) is 3.99. The van der Waals surface area contributed by atoms with Crippen molar-refractivity contribution >= 4 is 22.9 Å². The predicted molar refractivity (Wildman–Crippen MR) is 97.9 cm³/mol. The highest BCUT2D eigenvalue weighted by atomic mass is 35.5. The maximum absolute atomic E-state index is 13.6. The van der Waals surface area contributed by atoms with E-state index in [0.717, 1.165) is 34.5 Å². The van der Waals surface area contributed by atoms with Crippen molar-refractivity contribution in [2.24, 2.45) is 0 Å². The number of alkyl halides is 2. The topological polar surface area (TPSA) is 22.1 Å². The van der Waals surface area contributed by atoms with Crippen LogP contribution in [-0.4, -0.2) is 12.1 Å². The summed E-state index contributed by atoms with van der Waals surface area (Å²) in [5, 5.41) is 2.86. The summed E-state index contributed by atoms with van der Waals surface area (Å²) >= 11 is 7.38. The highest BCUT2D eigenvalue weighted by Crippen LogP contribution is 2.35. The number of nitrogens with zero attached hydrogens (tertiary/aromatic N) is 1. The van der Waals surface area contributed by atoms with Crippen molar-refractivity contribution in [3.05, 3.63) is 69.0 Å².